The van der Waals surface area contributed by atoms with E-state index in [0.29, 0.717) is 33.9 Å². The summed E-state index contributed by atoms with van der Waals surface area (Å²) in [6.07, 6.45) is 3.38. The van der Waals surface area contributed by atoms with E-state index < -0.39 is 0 Å². The Labute approximate surface area is 177 Å². The third-order valence-electron chi connectivity index (χ3n) is 4.26. The van der Waals surface area contributed by atoms with Gasteiger partial charge in [-0.15, -0.1) is 0 Å². The molecule has 7 heteroatoms. The first-order valence-corrected chi connectivity index (χ1v) is 10.1. The van der Waals surface area contributed by atoms with E-state index in [4.69, 9.17) is 21.4 Å². The Morgan fingerprint density at radius 2 is 1.86 bits per heavy atom. The Morgan fingerprint density at radius 1 is 1.10 bits per heavy atom. The quantitative estimate of drug-likeness (QED) is 0.391. The Balaban J connectivity index is 1.39. The van der Waals surface area contributed by atoms with E-state index in [2.05, 4.69) is 0 Å². The van der Waals surface area contributed by atoms with Gasteiger partial charge in [0.25, 0.3) is 5.91 Å². The van der Waals surface area contributed by atoms with Gasteiger partial charge in [0.05, 0.1) is 17.7 Å². The van der Waals surface area contributed by atoms with Crippen LogP contribution in [0.1, 0.15) is 16.9 Å². The molecule has 3 aromatic rings. The maximum absolute atomic E-state index is 12.9. The van der Waals surface area contributed by atoms with Crippen molar-refractivity contribution in [1.82, 2.24) is 4.90 Å². The first-order chi connectivity index (χ1) is 14.1. The third kappa shape index (κ3) is 4.75. The molecule has 1 aliphatic heterocycles. The molecule has 0 atom stereocenters. The predicted molar refractivity (Wildman–Crippen MR) is 115 cm³/mol. The van der Waals surface area contributed by atoms with Crippen molar-refractivity contribution in [3.63, 3.8) is 0 Å². The van der Waals surface area contributed by atoms with Crippen molar-refractivity contribution in [3.05, 3.63) is 94.5 Å². The molecule has 1 fully saturated rings. The van der Waals surface area contributed by atoms with Gasteiger partial charge in [-0.2, -0.15) is 0 Å². The minimum atomic E-state index is -0.271. The number of furan rings is 1. The van der Waals surface area contributed by atoms with E-state index in [9.17, 15) is 9.18 Å². The summed E-state index contributed by atoms with van der Waals surface area (Å²) in [6, 6.07) is 17.2. The maximum Gasteiger partial charge on any atom is 0.266 e. The van der Waals surface area contributed by atoms with Crippen LogP contribution < -0.4 is 4.74 Å². The van der Waals surface area contributed by atoms with Crippen molar-refractivity contribution < 1.29 is 18.3 Å². The fraction of sp³-hybridized carbons (Fsp3) is 0.0909. The zero-order chi connectivity index (χ0) is 20.2. The largest absolute Gasteiger partial charge is 0.489 e. The molecule has 0 aliphatic carbocycles. The first kappa shape index (κ1) is 19.4. The molecular formula is C22H16FNO3S2. The van der Waals surface area contributed by atoms with E-state index >= 15 is 0 Å². The van der Waals surface area contributed by atoms with Crippen LogP contribution in [0.4, 0.5) is 4.39 Å². The number of halogens is 1. The van der Waals surface area contributed by atoms with Crippen LogP contribution in [0.5, 0.6) is 5.75 Å². The second-order valence-corrected chi connectivity index (χ2v) is 8.01. The van der Waals surface area contributed by atoms with Crippen LogP contribution in [0, 0.1) is 5.82 Å². The molecule has 2 aromatic carbocycles. The van der Waals surface area contributed by atoms with Crippen LogP contribution in [0.25, 0.3) is 6.08 Å². The summed E-state index contributed by atoms with van der Waals surface area (Å²) in [5.74, 6) is 0.975. The molecule has 29 heavy (non-hydrogen) atoms. The monoisotopic (exact) mass is 425 g/mol. The van der Waals surface area contributed by atoms with Crippen LogP contribution in [-0.4, -0.2) is 15.1 Å². The second kappa shape index (κ2) is 8.63. The number of carbonyl (C=O) groups is 1. The van der Waals surface area contributed by atoms with Crippen molar-refractivity contribution >= 4 is 40.3 Å². The topological polar surface area (TPSA) is 42.7 Å². The average molecular weight is 426 g/mol. The Hall–Kier alpha value is -2.90. The normalized spacial score (nSPS) is 15.3. The van der Waals surface area contributed by atoms with Gasteiger partial charge in [0.1, 0.15) is 28.3 Å². The Bertz CT molecular complexity index is 1040. The predicted octanol–water partition coefficient (Wildman–Crippen LogP) is 5.40. The highest BCUT2D eigenvalue weighted by Crippen LogP contribution is 2.33. The smallest absolute Gasteiger partial charge is 0.266 e. The van der Waals surface area contributed by atoms with Gasteiger partial charge in [0, 0.05) is 0 Å². The molecule has 1 amide bonds. The molecule has 4 rings (SSSR count). The number of carbonyl (C=O) groups excluding carboxylic acids is 1. The van der Waals surface area contributed by atoms with Crippen molar-refractivity contribution in [3.8, 4) is 5.75 Å². The molecule has 0 radical (unpaired) electrons. The number of benzene rings is 2. The highest BCUT2D eigenvalue weighted by molar-refractivity contribution is 8.26. The summed E-state index contributed by atoms with van der Waals surface area (Å²) in [5.41, 5.74) is 1.76. The number of thiocarbonyl (C=S) groups is 1. The molecule has 0 saturated carbocycles. The number of rotatable bonds is 6. The lowest BCUT2D eigenvalue weighted by Gasteiger charge is -2.12. The van der Waals surface area contributed by atoms with Gasteiger partial charge in [-0.05, 0) is 53.6 Å². The molecule has 0 spiro atoms. The maximum atomic E-state index is 12.9. The summed E-state index contributed by atoms with van der Waals surface area (Å²) in [6.45, 7) is 0.677. The first-order valence-electron chi connectivity index (χ1n) is 8.83. The molecule has 1 saturated heterocycles. The minimum Gasteiger partial charge on any atom is -0.489 e. The molecule has 1 aromatic heterocycles. The summed E-state index contributed by atoms with van der Waals surface area (Å²) in [5, 5.41) is 0. The summed E-state index contributed by atoms with van der Waals surface area (Å²) >= 11 is 6.61. The van der Waals surface area contributed by atoms with Crippen molar-refractivity contribution in [2.24, 2.45) is 0 Å². The lowest BCUT2D eigenvalue weighted by atomic mass is 10.2. The summed E-state index contributed by atoms with van der Waals surface area (Å²) in [4.78, 5) is 14.8. The zero-order valence-corrected chi connectivity index (χ0v) is 16.8. The number of amides is 1. The van der Waals surface area contributed by atoms with Crippen LogP contribution in [0.2, 0.25) is 0 Å². The number of nitrogens with zero attached hydrogens (tertiary/aromatic N) is 1. The number of ether oxygens (including phenoxy) is 1. The molecule has 1 aliphatic rings. The molecule has 4 nitrogen and oxygen atoms in total. The molecule has 2 heterocycles. The summed E-state index contributed by atoms with van der Waals surface area (Å²) in [7, 11) is 0. The van der Waals surface area contributed by atoms with Crippen LogP contribution in [-0.2, 0) is 17.9 Å². The van der Waals surface area contributed by atoms with E-state index in [0.717, 1.165) is 11.1 Å². The Kier molecular flexibility index (Phi) is 5.78. The Morgan fingerprint density at radius 3 is 2.55 bits per heavy atom. The fourth-order valence-electron chi connectivity index (χ4n) is 2.75. The number of hydrogen-bond acceptors (Lipinski definition) is 5. The van der Waals surface area contributed by atoms with Crippen molar-refractivity contribution in [1.29, 1.82) is 0 Å². The van der Waals surface area contributed by atoms with Gasteiger partial charge in [-0.1, -0.05) is 48.2 Å². The molecule has 0 N–H and O–H groups in total. The SMILES string of the molecule is O=C1C(=Cc2ccc(OCc3ccc(F)cc3)cc2)SC(=S)N1Cc1ccco1. The van der Waals surface area contributed by atoms with Gasteiger partial charge >= 0.3 is 0 Å². The van der Waals surface area contributed by atoms with E-state index in [1.54, 1.807) is 24.5 Å². The van der Waals surface area contributed by atoms with Gasteiger partial charge in [-0.25, -0.2) is 4.39 Å². The van der Waals surface area contributed by atoms with Crippen molar-refractivity contribution in [2.45, 2.75) is 13.2 Å². The standard InChI is InChI=1S/C22H16FNO3S2/c23-17-7-3-16(4-8-17)14-27-18-9-5-15(6-10-18)12-20-21(25)24(22(28)29-20)13-19-2-1-11-26-19/h1-12H,13-14H2. The highest BCUT2D eigenvalue weighted by atomic mass is 32.2. The summed E-state index contributed by atoms with van der Waals surface area (Å²) < 4.78 is 24.5. The lowest BCUT2D eigenvalue weighted by Crippen LogP contribution is -2.27. The highest BCUT2D eigenvalue weighted by Gasteiger charge is 2.32. The van der Waals surface area contributed by atoms with Crippen LogP contribution >= 0.6 is 24.0 Å². The number of hydrogen-bond donors (Lipinski definition) is 0. The van der Waals surface area contributed by atoms with Gasteiger partial charge in [-0.3, -0.25) is 9.69 Å². The van der Waals surface area contributed by atoms with Crippen LogP contribution in [0.3, 0.4) is 0 Å². The van der Waals surface area contributed by atoms with E-state index in [-0.39, 0.29) is 11.7 Å². The van der Waals surface area contributed by atoms with Gasteiger partial charge in [0.15, 0.2) is 0 Å². The third-order valence-corrected chi connectivity index (χ3v) is 5.64. The van der Waals surface area contributed by atoms with Crippen LogP contribution in [0.15, 0.2) is 76.2 Å². The van der Waals surface area contributed by atoms with E-state index in [1.807, 2.05) is 36.4 Å². The lowest BCUT2D eigenvalue weighted by molar-refractivity contribution is -0.122. The van der Waals surface area contributed by atoms with E-state index in [1.165, 1.54) is 28.8 Å². The molecule has 146 valence electrons. The fourth-order valence-corrected chi connectivity index (χ4v) is 4.01. The number of thioether (sulfide) groups is 1. The average Bonchev–Trinajstić information content (AvgIpc) is 3.33. The zero-order valence-electron chi connectivity index (χ0n) is 15.2. The molecular weight excluding hydrogens is 409 g/mol. The van der Waals surface area contributed by atoms with Gasteiger partial charge in [0.2, 0.25) is 0 Å². The van der Waals surface area contributed by atoms with Crippen molar-refractivity contribution in [2.75, 3.05) is 0 Å². The minimum absolute atomic E-state index is 0.131. The molecule has 0 unspecified atom stereocenters. The van der Waals surface area contributed by atoms with Gasteiger partial charge < -0.3 is 9.15 Å². The second-order valence-electron chi connectivity index (χ2n) is 6.33. The molecule has 0 bridgehead atoms.